The minimum atomic E-state index is 0.0894. The average molecular weight is 604 g/mol. The molecule has 1 aliphatic heterocycles. The van der Waals surface area contributed by atoms with Gasteiger partial charge in [0.25, 0.3) is 11.1 Å². The van der Waals surface area contributed by atoms with Crippen LogP contribution in [0.15, 0.2) is 64.7 Å². The normalized spacial score (nSPS) is 13.6. The van der Waals surface area contributed by atoms with Gasteiger partial charge in [-0.2, -0.15) is 0 Å². The van der Waals surface area contributed by atoms with Crippen molar-refractivity contribution in [3.8, 4) is 27.2 Å². The second-order valence-corrected chi connectivity index (χ2v) is 11.5. The summed E-state index contributed by atoms with van der Waals surface area (Å²) in [6.45, 7) is 7.69. The van der Waals surface area contributed by atoms with Crippen LogP contribution < -0.4 is 4.74 Å². The molecule has 4 aromatic heterocycles. The van der Waals surface area contributed by atoms with Gasteiger partial charge in [0.2, 0.25) is 4.96 Å². The van der Waals surface area contributed by atoms with Crippen molar-refractivity contribution < 1.29 is 23.4 Å². The monoisotopic (exact) mass is 603 g/mol. The summed E-state index contributed by atoms with van der Waals surface area (Å²) in [5, 5.41) is 7.68. The van der Waals surface area contributed by atoms with E-state index >= 15 is 0 Å². The lowest BCUT2D eigenvalue weighted by molar-refractivity contribution is 0.0793. The van der Waals surface area contributed by atoms with Crippen molar-refractivity contribution in [3.63, 3.8) is 0 Å². The van der Waals surface area contributed by atoms with Gasteiger partial charge in [-0.1, -0.05) is 18.7 Å². The summed E-state index contributed by atoms with van der Waals surface area (Å²) in [5.41, 5.74) is 3.83. The number of carbonyl (C=O) groups excluding carboxylic acids is 1. The number of fused-ring (bicyclic) bond motifs is 1. The number of aryl methyl sites for hydroxylation is 1. The van der Waals surface area contributed by atoms with Crippen LogP contribution in [0.4, 0.5) is 0 Å². The smallest absolute Gasteiger partial charge is 0.294 e. The highest BCUT2D eigenvalue weighted by Gasteiger charge is 2.21. The van der Waals surface area contributed by atoms with E-state index in [2.05, 4.69) is 16.7 Å². The molecule has 0 radical (unpaired) electrons. The summed E-state index contributed by atoms with van der Waals surface area (Å²) in [6, 6.07) is 9.53. The molecule has 0 N–H and O–H groups in total. The van der Waals surface area contributed by atoms with Gasteiger partial charge in [0, 0.05) is 35.7 Å². The lowest BCUT2D eigenvalue weighted by atomic mass is 10.1. The highest BCUT2D eigenvalue weighted by atomic mass is 32.1. The third kappa shape index (κ3) is 5.68. The van der Waals surface area contributed by atoms with E-state index in [1.807, 2.05) is 47.5 Å². The van der Waals surface area contributed by atoms with E-state index < -0.39 is 0 Å². The Morgan fingerprint density at radius 3 is 2.67 bits per heavy atom. The number of thiazole rings is 1. The molecule has 216 valence electrons. The first-order valence-electron chi connectivity index (χ1n) is 13.3. The number of aromatic nitrogens is 4. The number of ether oxygens (including phenoxy) is 3. The standard InChI is InChI=1S/C30H29N5O5S2/c1-18(37-3)13-25(23-14-26(40-19(23)2)24-15-35-29(32-24)42-30(33-35)38-4)39-16-22-17-41-27(31-22)20-7-9-21(10-8-20)28(36)34-11-5-6-12-34/h7-10,13-15,17H,1,5-6,11-12,16H2,2-4H3/b25-13+. The van der Waals surface area contributed by atoms with Crippen molar-refractivity contribution in [1.29, 1.82) is 0 Å². The molecule has 5 heterocycles. The van der Waals surface area contributed by atoms with Crippen LogP contribution in [0.2, 0.25) is 0 Å². The van der Waals surface area contributed by atoms with Crippen molar-refractivity contribution >= 4 is 39.3 Å². The maximum atomic E-state index is 12.7. The molecule has 0 atom stereocenters. The third-order valence-corrected chi connectivity index (χ3v) is 8.71. The van der Waals surface area contributed by atoms with E-state index in [-0.39, 0.29) is 12.5 Å². The molecular formula is C30H29N5O5S2. The summed E-state index contributed by atoms with van der Waals surface area (Å²) in [4.78, 5) is 24.7. The first-order chi connectivity index (χ1) is 20.4. The van der Waals surface area contributed by atoms with Gasteiger partial charge in [-0.3, -0.25) is 4.79 Å². The van der Waals surface area contributed by atoms with Crippen molar-refractivity contribution in [3.05, 3.63) is 82.9 Å². The first-order valence-corrected chi connectivity index (χ1v) is 15.0. The second kappa shape index (κ2) is 11.8. The number of hydrogen-bond donors (Lipinski definition) is 0. The number of likely N-dealkylation sites (tertiary alicyclic amines) is 1. The van der Waals surface area contributed by atoms with Gasteiger partial charge in [-0.25, -0.2) is 14.5 Å². The van der Waals surface area contributed by atoms with Crippen molar-refractivity contribution in [2.75, 3.05) is 27.3 Å². The molecule has 1 aromatic carbocycles. The van der Waals surface area contributed by atoms with Gasteiger partial charge in [0.05, 0.1) is 31.7 Å². The Hall–Kier alpha value is -4.42. The van der Waals surface area contributed by atoms with Gasteiger partial charge in [0.1, 0.15) is 34.6 Å². The highest BCUT2D eigenvalue weighted by Crippen LogP contribution is 2.33. The zero-order valence-corrected chi connectivity index (χ0v) is 25.1. The van der Waals surface area contributed by atoms with Gasteiger partial charge in [0.15, 0.2) is 5.76 Å². The summed E-state index contributed by atoms with van der Waals surface area (Å²) < 4.78 is 24.5. The number of hydrogen-bond acceptors (Lipinski definition) is 10. The van der Waals surface area contributed by atoms with Crippen LogP contribution in [0.5, 0.6) is 5.19 Å². The summed E-state index contributed by atoms with van der Waals surface area (Å²) in [7, 11) is 3.13. The van der Waals surface area contributed by atoms with Gasteiger partial charge >= 0.3 is 0 Å². The number of amides is 1. The number of carbonyl (C=O) groups is 1. The Balaban J connectivity index is 1.18. The molecular weight excluding hydrogens is 574 g/mol. The van der Waals surface area contributed by atoms with Crippen LogP contribution in [0.25, 0.3) is 32.7 Å². The van der Waals surface area contributed by atoms with Gasteiger partial charge in [-0.15, -0.1) is 16.4 Å². The molecule has 0 bridgehead atoms. The summed E-state index contributed by atoms with van der Waals surface area (Å²) >= 11 is 2.87. The highest BCUT2D eigenvalue weighted by molar-refractivity contribution is 7.18. The summed E-state index contributed by atoms with van der Waals surface area (Å²) in [6.07, 6.45) is 5.66. The number of furan rings is 1. The first kappa shape index (κ1) is 27.7. The fourth-order valence-electron chi connectivity index (χ4n) is 4.65. The van der Waals surface area contributed by atoms with Gasteiger partial charge < -0.3 is 23.5 Å². The van der Waals surface area contributed by atoms with Crippen molar-refractivity contribution in [2.45, 2.75) is 26.4 Å². The Bertz CT molecular complexity index is 1740. The SMILES string of the molecule is C=C(/C=C(/OCc1csc(-c2ccc(C(=O)N3CCCC3)cc2)n1)c1cc(-c2cn3nc(OC)sc3n2)oc1C)OC. The summed E-state index contributed by atoms with van der Waals surface area (Å²) in [5.74, 6) is 2.30. The van der Waals surface area contributed by atoms with E-state index in [1.54, 1.807) is 31.0 Å². The molecule has 12 heteroatoms. The third-order valence-electron chi connectivity index (χ3n) is 6.89. The average Bonchev–Trinajstić information content (AvgIpc) is 3.83. The molecule has 10 nitrogen and oxygen atoms in total. The molecule has 0 saturated carbocycles. The number of allylic oxidation sites excluding steroid dienone is 1. The van der Waals surface area contributed by atoms with Crippen LogP contribution >= 0.6 is 22.7 Å². The van der Waals surface area contributed by atoms with E-state index in [0.29, 0.717) is 44.5 Å². The molecule has 1 aliphatic rings. The van der Waals surface area contributed by atoms with E-state index in [9.17, 15) is 4.79 Å². The maximum absolute atomic E-state index is 12.7. The van der Waals surface area contributed by atoms with E-state index in [1.165, 1.54) is 22.7 Å². The fourth-order valence-corrected chi connectivity index (χ4v) is 6.16. The molecule has 1 saturated heterocycles. The van der Waals surface area contributed by atoms with Crippen molar-refractivity contribution in [2.24, 2.45) is 0 Å². The zero-order chi connectivity index (χ0) is 29.2. The largest absolute Gasteiger partial charge is 0.497 e. The molecule has 6 rings (SSSR count). The molecule has 42 heavy (non-hydrogen) atoms. The van der Waals surface area contributed by atoms with E-state index in [0.717, 1.165) is 47.8 Å². The molecule has 0 unspecified atom stereocenters. The Labute approximate surface area is 250 Å². The Kier molecular flexibility index (Phi) is 7.81. The minimum absolute atomic E-state index is 0.0894. The lowest BCUT2D eigenvalue weighted by Crippen LogP contribution is -2.27. The molecule has 5 aromatic rings. The molecule has 0 spiro atoms. The number of rotatable bonds is 10. The second-order valence-electron chi connectivity index (χ2n) is 9.69. The van der Waals surface area contributed by atoms with Crippen LogP contribution in [0.3, 0.4) is 0 Å². The zero-order valence-electron chi connectivity index (χ0n) is 23.5. The van der Waals surface area contributed by atoms with Crippen molar-refractivity contribution in [1.82, 2.24) is 24.5 Å². The van der Waals surface area contributed by atoms with Gasteiger partial charge in [-0.05, 0) is 49.3 Å². The fraction of sp³-hybridized carbons (Fsp3) is 0.267. The minimum Gasteiger partial charge on any atom is -0.497 e. The molecule has 1 fully saturated rings. The van der Waals surface area contributed by atoms with E-state index in [4.69, 9.17) is 23.6 Å². The Morgan fingerprint density at radius 1 is 1.17 bits per heavy atom. The lowest BCUT2D eigenvalue weighted by Gasteiger charge is -2.15. The number of benzene rings is 1. The number of imidazole rings is 1. The molecule has 0 aliphatic carbocycles. The predicted molar refractivity (Wildman–Crippen MR) is 161 cm³/mol. The van der Waals surface area contributed by atoms with Crippen LogP contribution in [0, 0.1) is 6.92 Å². The maximum Gasteiger partial charge on any atom is 0.294 e. The van der Waals surface area contributed by atoms with Crippen LogP contribution in [-0.2, 0) is 16.1 Å². The van der Waals surface area contributed by atoms with Crippen LogP contribution in [0.1, 0.15) is 40.2 Å². The Morgan fingerprint density at radius 2 is 1.95 bits per heavy atom. The number of nitrogens with zero attached hydrogens (tertiary/aromatic N) is 5. The topological polar surface area (TPSA) is 104 Å². The number of methoxy groups -OCH3 is 2. The van der Waals surface area contributed by atoms with Crippen LogP contribution in [-0.4, -0.2) is 57.7 Å². The predicted octanol–water partition coefficient (Wildman–Crippen LogP) is 6.45. The molecule has 1 amide bonds. The quantitative estimate of drug-likeness (QED) is 0.133.